The Bertz CT molecular complexity index is 1240. The zero-order valence-corrected chi connectivity index (χ0v) is 16.9. The minimum absolute atomic E-state index is 0.136. The van der Waals surface area contributed by atoms with Crippen LogP contribution in [0.25, 0.3) is 0 Å². The molecule has 0 saturated carbocycles. The number of ether oxygens (including phenoxy) is 1. The summed E-state index contributed by atoms with van der Waals surface area (Å²) in [5.74, 6) is -2.74. The molecule has 1 aromatic heterocycles. The summed E-state index contributed by atoms with van der Waals surface area (Å²) < 4.78 is 6.04. The molecule has 3 aromatic rings. The fraction of sp³-hybridized carbons (Fsp3) is 0.217. The number of nitrogens with one attached hydrogen (secondary N) is 1. The summed E-state index contributed by atoms with van der Waals surface area (Å²) in [6.45, 7) is 4.06. The SMILES string of the molecule is CC(C)c1ccc2c(c1)OC1(O)c3cccc(N)c3C(=O)C21NC(=O)c1ccnnc1. The van der Waals surface area contributed by atoms with E-state index in [0.29, 0.717) is 11.3 Å². The van der Waals surface area contributed by atoms with Crippen LogP contribution in [-0.2, 0) is 11.3 Å². The highest BCUT2D eigenvalue weighted by atomic mass is 16.6. The summed E-state index contributed by atoms with van der Waals surface area (Å²) in [6.07, 6.45) is 2.65. The number of fused-ring (bicyclic) bond motifs is 5. The van der Waals surface area contributed by atoms with Gasteiger partial charge in [-0.3, -0.25) is 9.59 Å². The van der Waals surface area contributed by atoms with E-state index in [9.17, 15) is 14.7 Å². The van der Waals surface area contributed by atoms with Crippen molar-refractivity contribution in [2.24, 2.45) is 0 Å². The standard InChI is InChI=1S/C23H20N4O4/c1-12(2)13-6-7-15-18(10-13)31-23(30)16-4-3-5-17(24)19(16)20(28)22(15,23)27-21(29)14-8-9-25-26-11-14/h3-12,30H,24H2,1-2H3,(H,27,29). The number of benzene rings is 2. The number of hydrogen-bond acceptors (Lipinski definition) is 7. The Hall–Kier alpha value is -3.78. The maximum atomic E-state index is 13.8. The zero-order chi connectivity index (χ0) is 22.0. The summed E-state index contributed by atoms with van der Waals surface area (Å²) >= 11 is 0. The first-order chi connectivity index (χ1) is 14.8. The lowest BCUT2D eigenvalue weighted by atomic mass is 9.82. The van der Waals surface area contributed by atoms with Crippen LogP contribution in [0.5, 0.6) is 5.75 Å². The number of nitrogens with zero attached hydrogens (tertiary/aromatic N) is 2. The van der Waals surface area contributed by atoms with E-state index in [0.717, 1.165) is 5.56 Å². The first-order valence-corrected chi connectivity index (χ1v) is 9.88. The van der Waals surface area contributed by atoms with Crippen molar-refractivity contribution in [1.29, 1.82) is 0 Å². The normalized spacial score (nSPS) is 23.2. The molecule has 1 aliphatic heterocycles. The molecular weight excluding hydrogens is 396 g/mol. The molecule has 1 aliphatic carbocycles. The van der Waals surface area contributed by atoms with Crippen LogP contribution in [0.1, 0.15) is 57.2 Å². The van der Waals surface area contributed by atoms with Gasteiger partial charge in [0.25, 0.3) is 11.7 Å². The maximum Gasteiger partial charge on any atom is 0.271 e. The van der Waals surface area contributed by atoms with Gasteiger partial charge in [0.2, 0.25) is 11.3 Å². The van der Waals surface area contributed by atoms with Crippen molar-refractivity contribution >= 4 is 17.4 Å². The van der Waals surface area contributed by atoms with Crippen molar-refractivity contribution < 1.29 is 19.4 Å². The number of Topliss-reactive ketones (excluding diaryl/α,β-unsaturated/α-hetero) is 1. The molecule has 0 radical (unpaired) electrons. The van der Waals surface area contributed by atoms with Gasteiger partial charge in [0.15, 0.2) is 0 Å². The Morgan fingerprint density at radius 3 is 2.68 bits per heavy atom. The Morgan fingerprint density at radius 2 is 1.97 bits per heavy atom. The van der Waals surface area contributed by atoms with Gasteiger partial charge in [0, 0.05) is 16.8 Å². The summed E-state index contributed by atoms with van der Waals surface area (Å²) in [7, 11) is 0. The van der Waals surface area contributed by atoms with E-state index in [1.54, 1.807) is 30.3 Å². The number of aromatic nitrogens is 2. The lowest BCUT2D eigenvalue weighted by molar-refractivity contribution is -0.169. The molecule has 8 heteroatoms. The van der Waals surface area contributed by atoms with Gasteiger partial charge in [-0.15, -0.1) is 0 Å². The Labute approximate surface area is 178 Å². The monoisotopic (exact) mass is 416 g/mol. The van der Waals surface area contributed by atoms with Gasteiger partial charge in [-0.05, 0) is 29.7 Å². The molecule has 1 amide bonds. The number of carbonyl (C=O) groups is 2. The van der Waals surface area contributed by atoms with E-state index in [1.807, 2.05) is 19.9 Å². The maximum absolute atomic E-state index is 13.8. The van der Waals surface area contributed by atoms with Gasteiger partial charge in [-0.1, -0.05) is 38.1 Å². The van der Waals surface area contributed by atoms with E-state index in [-0.39, 0.29) is 28.3 Å². The molecule has 2 aliphatic rings. The van der Waals surface area contributed by atoms with Crippen LogP contribution in [-0.4, -0.2) is 27.0 Å². The van der Waals surface area contributed by atoms with Crippen LogP contribution in [0.2, 0.25) is 0 Å². The van der Waals surface area contributed by atoms with E-state index >= 15 is 0 Å². The fourth-order valence-electron chi connectivity index (χ4n) is 4.41. The van der Waals surface area contributed by atoms with Crippen LogP contribution in [0, 0.1) is 0 Å². The van der Waals surface area contributed by atoms with Crippen molar-refractivity contribution in [3.8, 4) is 5.75 Å². The van der Waals surface area contributed by atoms with Crippen molar-refractivity contribution in [2.75, 3.05) is 5.73 Å². The van der Waals surface area contributed by atoms with E-state index in [2.05, 4.69) is 15.5 Å². The van der Waals surface area contributed by atoms with Crippen molar-refractivity contribution in [3.05, 3.63) is 82.7 Å². The van der Waals surface area contributed by atoms with Crippen LogP contribution in [0.15, 0.2) is 54.9 Å². The number of amides is 1. The summed E-state index contributed by atoms with van der Waals surface area (Å²) in [5, 5.41) is 22.0. The van der Waals surface area contributed by atoms with Gasteiger partial charge in [0.1, 0.15) is 5.75 Å². The molecule has 31 heavy (non-hydrogen) atoms. The van der Waals surface area contributed by atoms with Crippen molar-refractivity contribution in [2.45, 2.75) is 31.1 Å². The Kier molecular flexibility index (Phi) is 3.94. The number of carbonyl (C=O) groups excluding carboxylic acids is 2. The topological polar surface area (TPSA) is 127 Å². The minimum atomic E-state index is -2.15. The average molecular weight is 416 g/mol. The lowest BCUT2D eigenvalue weighted by Crippen LogP contribution is -2.60. The quantitative estimate of drug-likeness (QED) is 0.559. The average Bonchev–Trinajstić information content (AvgIpc) is 3.12. The summed E-state index contributed by atoms with van der Waals surface area (Å²) in [6, 6.07) is 11.6. The Balaban J connectivity index is 1.74. The first kappa shape index (κ1) is 19.2. The molecule has 2 heterocycles. The third-order valence-electron chi connectivity index (χ3n) is 6.02. The van der Waals surface area contributed by atoms with Gasteiger partial charge in [-0.25, -0.2) is 0 Å². The lowest BCUT2D eigenvalue weighted by Gasteiger charge is -2.34. The third kappa shape index (κ3) is 2.39. The van der Waals surface area contributed by atoms with Crippen LogP contribution in [0.4, 0.5) is 5.69 Å². The van der Waals surface area contributed by atoms with Crippen LogP contribution in [0.3, 0.4) is 0 Å². The molecule has 0 bridgehead atoms. The largest absolute Gasteiger partial charge is 0.454 e. The molecular formula is C23H20N4O4. The van der Waals surface area contributed by atoms with E-state index < -0.39 is 23.0 Å². The molecule has 2 aromatic carbocycles. The highest BCUT2D eigenvalue weighted by Gasteiger charge is 2.72. The van der Waals surface area contributed by atoms with Gasteiger partial charge < -0.3 is 20.9 Å². The summed E-state index contributed by atoms with van der Waals surface area (Å²) in [4.78, 5) is 26.9. The molecule has 4 N–H and O–H groups in total. The van der Waals surface area contributed by atoms with Crippen molar-refractivity contribution in [1.82, 2.24) is 15.5 Å². The predicted octanol–water partition coefficient (Wildman–Crippen LogP) is 2.24. The highest BCUT2D eigenvalue weighted by Crippen LogP contribution is 2.59. The second-order valence-corrected chi connectivity index (χ2v) is 8.09. The van der Waals surface area contributed by atoms with E-state index in [4.69, 9.17) is 10.5 Å². The number of rotatable bonds is 3. The second kappa shape index (κ2) is 6.36. The molecule has 156 valence electrons. The fourth-order valence-corrected chi connectivity index (χ4v) is 4.41. The highest BCUT2D eigenvalue weighted by molar-refractivity contribution is 6.16. The van der Waals surface area contributed by atoms with Crippen LogP contribution < -0.4 is 15.8 Å². The Morgan fingerprint density at radius 1 is 1.16 bits per heavy atom. The number of nitrogens with two attached hydrogens (primary N) is 1. The predicted molar refractivity (Wildman–Crippen MR) is 111 cm³/mol. The number of aliphatic hydroxyl groups is 1. The molecule has 5 rings (SSSR count). The van der Waals surface area contributed by atoms with Gasteiger partial charge in [0.05, 0.1) is 23.5 Å². The molecule has 0 fully saturated rings. The number of hydrogen-bond donors (Lipinski definition) is 3. The van der Waals surface area contributed by atoms with E-state index in [1.165, 1.54) is 18.5 Å². The zero-order valence-electron chi connectivity index (χ0n) is 16.9. The second-order valence-electron chi connectivity index (χ2n) is 8.09. The number of anilines is 1. The smallest absolute Gasteiger partial charge is 0.271 e. The van der Waals surface area contributed by atoms with Gasteiger partial charge >= 0.3 is 0 Å². The molecule has 2 unspecified atom stereocenters. The summed E-state index contributed by atoms with van der Waals surface area (Å²) in [5.41, 5.74) is 6.29. The van der Waals surface area contributed by atoms with Crippen LogP contribution >= 0.6 is 0 Å². The molecule has 0 saturated heterocycles. The molecule has 8 nitrogen and oxygen atoms in total. The number of nitrogen functional groups attached to an aromatic ring is 1. The first-order valence-electron chi connectivity index (χ1n) is 9.88. The molecule has 2 atom stereocenters. The molecule has 0 spiro atoms. The van der Waals surface area contributed by atoms with Crippen molar-refractivity contribution in [3.63, 3.8) is 0 Å². The third-order valence-corrected chi connectivity index (χ3v) is 6.02. The number of ketones is 1. The van der Waals surface area contributed by atoms with Gasteiger partial charge in [-0.2, -0.15) is 10.2 Å². The minimum Gasteiger partial charge on any atom is -0.454 e.